The Hall–Kier alpha value is 1.93. The molecular weight excluding hydrogens is 441 g/mol. The molecule has 0 aliphatic heterocycles. The lowest BCUT2D eigenvalue weighted by atomic mass is 10.3. The largest absolute Gasteiger partial charge is 0.144 e. The maximum atomic E-state index is 3.92. The van der Waals surface area contributed by atoms with Gasteiger partial charge >= 0.3 is 0 Å². The van der Waals surface area contributed by atoms with E-state index in [1.807, 2.05) is 0 Å². The van der Waals surface area contributed by atoms with E-state index >= 15 is 0 Å². The molecule has 0 aliphatic rings. The molecule has 0 amide bonds. The molecule has 0 saturated carbocycles. The Labute approximate surface area is 91.3 Å². The summed E-state index contributed by atoms with van der Waals surface area (Å²) in [5.74, 6) is 0. The van der Waals surface area contributed by atoms with Crippen molar-refractivity contribution in [3.63, 3.8) is 0 Å². The maximum absolute atomic E-state index is 3.92. The molecule has 0 fully saturated rings. The molecule has 0 bridgehead atoms. The molecule has 0 nitrogen and oxygen atoms in total. The fraction of sp³-hybridized carbons (Fsp3) is 0.600. The van der Waals surface area contributed by atoms with Crippen molar-refractivity contribution in [3.8, 4) is 0 Å². The Morgan fingerprint density at radius 1 is 1.50 bits per heavy atom. The highest BCUT2D eigenvalue weighted by molar-refractivity contribution is 14.3. The van der Waals surface area contributed by atoms with Crippen LogP contribution in [0.5, 0.6) is 0 Å². The maximum Gasteiger partial charge on any atom is 0.144 e. The van der Waals surface area contributed by atoms with Crippen molar-refractivity contribution in [2.75, 3.05) is 0 Å². The van der Waals surface area contributed by atoms with Crippen molar-refractivity contribution in [1.82, 2.24) is 0 Å². The van der Waals surface area contributed by atoms with Crippen LogP contribution in [0.15, 0.2) is 12.2 Å². The van der Waals surface area contributed by atoms with E-state index < -0.39 is 0 Å². The standard InChI is InChI=1S/C5H7I3/c1-3-4(2)5(6,7)8/h2-3H2,1H3. The lowest BCUT2D eigenvalue weighted by molar-refractivity contribution is 1.11. The van der Waals surface area contributed by atoms with Gasteiger partial charge in [-0.1, -0.05) is 81.3 Å². The highest BCUT2D eigenvalue weighted by atomic mass is 127. The van der Waals surface area contributed by atoms with Crippen LogP contribution in [0, 0.1) is 0 Å². The van der Waals surface area contributed by atoms with Gasteiger partial charge in [-0.05, 0) is 12.0 Å². The summed E-state index contributed by atoms with van der Waals surface area (Å²) in [4.78, 5) is 0. The predicted molar refractivity (Wildman–Crippen MR) is 64.2 cm³/mol. The summed E-state index contributed by atoms with van der Waals surface area (Å²) in [7, 11) is 0. The van der Waals surface area contributed by atoms with Crippen LogP contribution in [-0.4, -0.2) is -0.565 Å². The van der Waals surface area contributed by atoms with Gasteiger partial charge in [0.2, 0.25) is 0 Å². The first-order valence-corrected chi connectivity index (χ1v) is 5.47. The third-order valence-corrected chi connectivity index (χ3v) is 3.12. The Balaban J connectivity index is 3.82. The quantitative estimate of drug-likeness (QED) is 0.342. The first-order valence-electron chi connectivity index (χ1n) is 2.23. The number of halogens is 3. The van der Waals surface area contributed by atoms with Gasteiger partial charge in [0, 0.05) is 0 Å². The van der Waals surface area contributed by atoms with Gasteiger partial charge in [0.15, 0.2) is 0 Å². The van der Waals surface area contributed by atoms with E-state index in [0.29, 0.717) is 0 Å². The summed E-state index contributed by atoms with van der Waals surface area (Å²) in [6, 6.07) is 0. The van der Waals surface area contributed by atoms with Crippen molar-refractivity contribution in [2.24, 2.45) is 0 Å². The molecule has 3 heteroatoms. The van der Waals surface area contributed by atoms with E-state index in [9.17, 15) is 0 Å². The summed E-state index contributed by atoms with van der Waals surface area (Å²) < 4.78 is 0.224. The molecule has 0 heterocycles. The highest BCUT2D eigenvalue weighted by Gasteiger charge is 2.19. The van der Waals surface area contributed by atoms with Crippen LogP contribution in [-0.2, 0) is 0 Å². The van der Waals surface area contributed by atoms with Crippen molar-refractivity contribution < 1.29 is 0 Å². The SMILES string of the molecule is C=C(CC)C(I)(I)I. The number of rotatable bonds is 2. The number of allylic oxidation sites excluding steroid dienone is 1. The van der Waals surface area contributed by atoms with Crippen molar-refractivity contribution in [2.45, 2.75) is 12.8 Å². The normalized spacial score (nSPS) is 11.5. The van der Waals surface area contributed by atoms with Gasteiger partial charge in [-0.3, -0.25) is 0 Å². The molecule has 0 aromatic rings. The van der Waals surface area contributed by atoms with Crippen molar-refractivity contribution in [1.29, 1.82) is 0 Å². The van der Waals surface area contributed by atoms with Gasteiger partial charge in [0.05, 0.1) is 0 Å². The molecule has 0 aliphatic carbocycles. The highest BCUT2D eigenvalue weighted by Crippen LogP contribution is 2.42. The Bertz CT molecular complexity index is 90.3. The average molecular weight is 448 g/mol. The van der Waals surface area contributed by atoms with Gasteiger partial charge in [0.1, 0.15) is -0.565 Å². The molecule has 48 valence electrons. The molecule has 0 spiro atoms. The van der Waals surface area contributed by atoms with Gasteiger partial charge in [-0.15, -0.1) is 0 Å². The minimum absolute atomic E-state index is 0.224. The molecule has 0 saturated heterocycles. The van der Waals surface area contributed by atoms with Crippen LogP contribution >= 0.6 is 67.8 Å². The van der Waals surface area contributed by atoms with E-state index in [0.717, 1.165) is 6.42 Å². The second-order valence-corrected chi connectivity index (χ2v) is 12.5. The predicted octanol–water partition coefficient (Wildman–Crippen LogP) is 3.91. The van der Waals surface area contributed by atoms with Crippen LogP contribution in [0.4, 0.5) is 0 Å². The molecule has 0 aromatic heterocycles. The zero-order chi connectivity index (χ0) is 6.78. The topological polar surface area (TPSA) is 0 Å². The molecule has 0 radical (unpaired) electrons. The summed E-state index contributed by atoms with van der Waals surface area (Å²) in [6.45, 7) is 6.05. The molecule has 0 atom stereocenters. The molecule has 0 rings (SSSR count). The Kier molecular flexibility index (Phi) is 4.90. The van der Waals surface area contributed by atoms with E-state index in [1.165, 1.54) is 5.57 Å². The second-order valence-electron chi connectivity index (χ2n) is 1.45. The average Bonchev–Trinajstić information content (AvgIpc) is 1.62. The van der Waals surface area contributed by atoms with E-state index in [1.54, 1.807) is 0 Å². The van der Waals surface area contributed by atoms with Crippen molar-refractivity contribution in [3.05, 3.63) is 12.2 Å². The summed E-state index contributed by atoms with van der Waals surface area (Å²) in [5, 5.41) is 0. The molecule has 0 N–H and O–H groups in total. The zero-order valence-electron chi connectivity index (χ0n) is 4.55. The smallest absolute Gasteiger partial charge is 0.0970 e. The van der Waals surface area contributed by atoms with Gasteiger partial charge in [0.25, 0.3) is 0 Å². The van der Waals surface area contributed by atoms with E-state index in [-0.39, 0.29) is -0.565 Å². The van der Waals surface area contributed by atoms with Crippen LogP contribution in [0.3, 0.4) is 0 Å². The zero-order valence-corrected chi connectivity index (χ0v) is 11.0. The van der Waals surface area contributed by atoms with Crippen LogP contribution in [0.1, 0.15) is 13.3 Å². The summed E-state index contributed by atoms with van der Waals surface area (Å²) in [5.41, 5.74) is 1.29. The van der Waals surface area contributed by atoms with E-state index in [4.69, 9.17) is 0 Å². The van der Waals surface area contributed by atoms with Gasteiger partial charge in [-0.2, -0.15) is 0 Å². The number of hydrogen-bond donors (Lipinski definition) is 0. The molecular formula is C5H7I3. The summed E-state index contributed by atoms with van der Waals surface area (Å²) in [6.07, 6.45) is 1.08. The summed E-state index contributed by atoms with van der Waals surface area (Å²) >= 11 is 7.13. The minimum Gasteiger partial charge on any atom is -0.0970 e. The Morgan fingerprint density at radius 3 is 1.88 bits per heavy atom. The third kappa shape index (κ3) is 3.86. The number of alkyl halides is 3. The van der Waals surface area contributed by atoms with Crippen LogP contribution in [0.25, 0.3) is 0 Å². The molecule has 0 unspecified atom stereocenters. The van der Waals surface area contributed by atoms with Gasteiger partial charge < -0.3 is 0 Å². The number of hydrogen-bond acceptors (Lipinski definition) is 0. The third-order valence-electron chi connectivity index (χ3n) is 0.828. The first-order chi connectivity index (χ1) is 3.48. The Morgan fingerprint density at radius 2 is 1.88 bits per heavy atom. The molecule has 0 aromatic carbocycles. The van der Waals surface area contributed by atoms with Crippen molar-refractivity contribution >= 4 is 67.8 Å². The van der Waals surface area contributed by atoms with Crippen LogP contribution < -0.4 is 0 Å². The molecule has 8 heavy (non-hydrogen) atoms. The second kappa shape index (κ2) is 3.95. The first kappa shape index (κ1) is 9.93. The van der Waals surface area contributed by atoms with Crippen LogP contribution in [0.2, 0.25) is 0 Å². The minimum atomic E-state index is 0.224. The van der Waals surface area contributed by atoms with Gasteiger partial charge in [-0.25, -0.2) is 0 Å². The fourth-order valence-electron chi connectivity index (χ4n) is 0.200. The fourth-order valence-corrected chi connectivity index (χ4v) is 1.34. The monoisotopic (exact) mass is 448 g/mol. The lowest BCUT2D eigenvalue weighted by Crippen LogP contribution is -2.00. The lowest BCUT2D eigenvalue weighted by Gasteiger charge is -2.12. The van der Waals surface area contributed by atoms with E-state index in [2.05, 4.69) is 81.3 Å².